The van der Waals surface area contributed by atoms with Crippen LogP contribution in [0.4, 0.5) is 5.69 Å². The molecule has 0 radical (unpaired) electrons. The van der Waals surface area contributed by atoms with Crippen LogP contribution in [0, 0.1) is 6.92 Å². The quantitative estimate of drug-likeness (QED) is 0.414. The van der Waals surface area contributed by atoms with Gasteiger partial charge in [0.05, 0.1) is 11.1 Å². The molecular weight excluding hydrogens is 550 g/mol. The molecule has 38 heavy (non-hydrogen) atoms. The topological polar surface area (TPSA) is 90.9 Å². The highest BCUT2D eigenvalue weighted by molar-refractivity contribution is 9.10. The summed E-state index contributed by atoms with van der Waals surface area (Å²) in [6.45, 7) is 3.94. The number of hydrogen-bond donors (Lipinski definition) is 1. The summed E-state index contributed by atoms with van der Waals surface area (Å²) in [4.78, 5) is 38.9. The van der Waals surface area contributed by atoms with Gasteiger partial charge in [0.15, 0.2) is 29.7 Å². The number of benzene rings is 2. The molecule has 0 saturated heterocycles. The maximum absolute atomic E-state index is 13.1. The van der Waals surface area contributed by atoms with Crippen LogP contribution >= 0.6 is 15.9 Å². The highest BCUT2D eigenvalue weighted by Crippen LogP contribution is 2.50. The van der Waals surface area contributed by atoms with Crippen LogP contribution in [0.5, 0.6) is 11.5 Å². The van der Waals surface area contributed by atoms with Gasteiger partial charge in [-0.05, 0) is 71.9 Å². The summed E-state index contributed by atoms with van der Waals surface area (Å²) in [6, 6.07) is 11.2. The van der Waals surface area contributed by atoms with E-state index in [-0.39, 0.29) is 24.1 Å². The van der Waals surface area contributed by atoms with Crippen LogP contribution in [0.25, 0.3) is 0 Å². The lowest BCUT2D eigenvalue weighted by atomic mass is 9.73. The number of ether oxygens (including phenoxy) is 3. The monoisotopic (exact) mass is 579 g/mol. The molecule has 198 valence electrons. The van der Waals surface area contributed by atoms with Crippen molar-refractivity contribution in [3.8, 4) is 11.5 Å². The predicted octanol–water partition coefficient (Wildman–Crippen LogP) is 6.30. The smallest absolute Gasteiger partial charge is 0.262 e. The Hall–Kier alpha value is -3.39. The first kappa shape index (κ1) is 26.2. The molecule has 1 heterocycles. The molecule has 0 aromatic heterocycles. The Labute approximate surface area is 230 Å². The van der Waals surface area contributed by atoms with Crippen LogP contribution in [0.1, 0.15) is 62.5 Å². The number of rotatable bonds is 7. The number of hydrogen-bond acceptors (Lipinski definition) is 6. The highest BCUT2D eigenvalue weighted by Gasteiger charge is 2.42. The standard InChI is InChI=1S/C30H30BrNO6/c1-3-36-25-15-18(14-19(31)30(25)37-16-26(35)32-20-9-5-4-8-17(20)2)27-28-21(33)10-6-12-23(28)38-24-13-7-11-22(34)29(24)27/h4-5,8-9,14-15,27H,3,6-7,10-13,16H2,1-2H3,(H,32,35). The van der Waals surface area contributed by atoms with Gasteiger partial charge in [0, 0.05) is 48.4 Å². The van der Waals surface area contributed by atoms with Gasteiger partial charge in [-0.25, -0.2) is 0 Å². The maximum Gasteiger partial charge on any atom is 0.262 e. The molecule has 3 aliphatic rings. The van der Waals surface area contributed by atoms with Crippen LogP contribution in [0.2, 0.25) is 0 Å². The van der Waals surface area contributed by atoms with E-state index in [1.165, 1.54) is 0 Å². The van der Waals surface area contributed by atoms with Crippen molar-refractivity contribution in [2.45, 2.75) is 58.3 Å². The van der Waals surface area contributed by atoms with Crippen molar-refractivity contribution in [3.05, 3.63) is 74.7 Å². The first-order valence-corrected chi connectivity index (χ1v) is 13.8. The minimum Gasteiger partial charge on any atom is -0.490 e. The van der Waals surface area contributed by atoms with Crippen LogP contribution in [0.3, 0.4) is 0 Å². The predicted molar refractivity (Wildman–Crippen MR) is 146 cm³/mol. The van der Waals surface area contributed by atoms with Crippen LogP contribution in [-0.4, -0.2) is 30.7 Å². The molecule has 0 saturated carbocycles. The Balaban J connectivity index is 1.48. The normalized spacial score (nSPS) is 17.6. The number of carbonyl (C=O) groups is 3. The average molecular weight is 580 g/mol. The van der Waals surface area contributed by atoms with Gasteiger partial charge >= 0.3 is 0 Å². The largest absolute Gasteiger partial charge is 0.490 e. The minimum absolute atomic E-state index is 0.0171. The second-order valence-electron chi connectivity index (χ2n) is 9.68. The molecule has 5 rings (SSSR count). The summed E-state index contributed by atoms with van der Waals surface area (Å²) in [6.07, 6.45) is 3.72. The van der Waals surface area contributed by atoms with E-state index in [2.05, 4.69) is 21.2 Å². The fraction of sp³-hybridized carbons (Fsp3) is 0.367. The Bertz CT molecular complexity index is 1330. The molecule has 2 aromatic rings. The van der Waals surface area contributed by atoms with E-state index in [0.717, 1.165) is 29.7 Å². The zero-order valence-corrected chi connectivity index (χ0v) is 23.1. The van der Waals surface area contributed by atoms with Crippen LogP contribution in [0.15, 0.2) is 63.5 Å². The maximum atomic E-state index is 13.1. The SMILES string of the molecule is CCOc1cc(C2C3=C(CCCC3=O)OC3=C2C(=O)CCC3)cc(Br)c1OCC(=O)Nc1ccccc1C. The summed E-state index contributed by atoms with van der Waals surface area (Å²) in [5.74, 6) is 1.41. The molecule has 0 fully saturated rings. The number of carbonyl (C=O) groups excluding carboxylic acids is 3. The van der Waals surface area contributed by atoms with E-state index in [0.29, 0.717) is 70.9 Å². The van der Waals surface area contributed by atoms with Crippen molar-refractivity contribution in [1.29, 1.82) is 0 Å². The van der Waals surface area contributed by atoms with E-state index < -0.39 is 5.92 Å². The van der Waals surface area contributed by atoms with Crippen molar-refractivity contribution in [2.75, 3.05) is 18.5 Å². The van der Waals surface area contributed by atoms with Gasteiger partial charge < -0.3 is 19.5 Å². The number of aryl methyl sites for hydroxylation is 1. The molecule has 0 spiro atoms. The fourth-order valence-corrected chi connectivity index (χ4v) is 5.92. The molecular formula is C30H30BrNO6. The van der Waals surface area contributed by atoms with Gasteiger partial charge in [0.25, 0.3) is 5.91 Å². The molecule has 2 aliphatic carbocycles. The lowest BCUT2D eigenvalue weighted by Gasteiger charge is -2.36. The van der Waals surface area contributed by atoms with Crippen LogP contribution < -0.4 is 14.8 Å². The van der Waals surface area contributed by atoms with E-state index in [1.54, 1.807) is 0 Å². The Kier molecular flexibility index (Phi) is 7.70. The Morgan fingerprint density at radius 2 is 1.66 bits per heavy atom. The molecule has 1 N–H and O–H groups in total. The molecule has 1 amide bonds. The summed E-state index contributed by atoms with van der Waals surface area (Å²) in [5, 5.41) is 2.87. The zero-order valence-electron chi connectivity index (χ0n) is 21.5. The van der Waals surface area contributed by atoms with E-state index in [4.69, 9.17) is 14.2 Å². The number of ketones is 2. The number of amides is 1. The van der Waals surface area contributed by atoms with E-state index in [1.807, 2.05) is 50.2 Å². The Morgan fingerprint density at radius 1 is 1.00 bits per heavy atom. The zero-order chi connectivity index (χ0) is 26.8. The van der Waals surface area contributed by atoms with E-state index in [9.17, 15) is 14.4 Å². The second-order valence-corrected chi connectivity index (χ2v) is 10.5. The number of halogens is 1. The lowest BCUT2D eigenvalue weighted by Crippen LogP contribution is -2.30. The number of anilines is 1. The fourth-order valence-electron chi connectivity index (χ4n) is 5.35. The second kappa shape index (κ2) is 11.2. The number of para-hydroxylation sites is 1. The summed E-state index contributed by atoms with van der Waals surface area (Å²) < 4.78 is 18.6. The van der Waals surface area contributed by atoms with Gasteiger partial charge in [0.1, 0.15) is 11.5 Å². The van der Waals surface area contributed by atoms with Crippen molar-refractivity contribution in [1.82, 2.24) is 0 Å². The lowest BCUT2D eigenvalue weighted by molar-refractivity contribution is -0.119. The number of allylic oxidation sites excluding steroid dienone is 4. The first-order valence-electron chi connectivity index (χ1n) is 13.0. The van der Waals surface area contributed by atoms with Gasteiger partial charge in [-0.3, -0.25) is 14.4 Å². The minimum atomic E-state index is -0.511. The molecule has 0 bridgehead atoms. The number of Topliss-reactive ketones (excluding diaryl/α,β-unsaturated/α-hetero) is 2. The van der Waals surface area contributed by atoms with Gasteiger partial charge in [0.2, 0.25) is 0 Å². The Morgan fingerprint density at radius 3 is 2.29 bits per heavy atom. The summed E-state index contributed by atoms with van der Waals surface area (Å²) in [5.41, 5.74) is 3.58. The van der Waals surface area contributed by atoms with Gasteiger partial charge in [-0.15, -0.1) is 0 Å². The van der Waals surface area contributed by atoms with Crippen molar-refractivity contribution < 1.29 is 28.6 Å². The number of nitrogens with one attached hydrogen (secondary N) is 1. The molecule has 1 aliphatic heterocycles. The van der Waals surface area contributed by atoms with E-state index >= 15 is 0 Å². The summed E-state index contributed by atoms with van der Waals surface area (Å²) in [7, 11) is 0. The molecule has 7 nitrogen and oxygen atoms in total. The highest BCUT2D eigenvalue weighted by atomic mass is 79.9. The van der Waals surface area contributed by atoms with Gasteiger partial charge in [-0.2, -0.15) is 0 Å². The molecule has 8 heteroatoms. The molecule has 2 aromatic carbocycles. The third kappa shape index (κ3) is 5.14. The summed E-state index contributed by atoms with van der Waals surface area (Å²) >= 11 is 3.60. The van der Waals surface area contributed by atoms with Crippen molar-refractivity contribution in [2.24, 2.45) is 0 Å². The van der Waals surface area contributed by atoms with Crippen LogP contribution in [-0.2, 0) is 19.1 Å². The van der Waals surface area contributed by atoms with Gasteiger partial charge in [-0.1, -0.05) is 18.2 Å². The third-order valence-electron chi connectivity index (χ3n) is 7.07. The molecule has 0 unspecified atom stereocenters. The third-order valence-corrected chi connectivity index (χ3v) is 7.66. The molecule has 0 atom stereocenters. The first-order chi connectivity index (χ1) is 18.4. The van der Waals surface area contributed by atoms with Crippen molar-refractivity contribution in [3.63, 3.8) is 0 Å². The average Bonchev–Trinajstić information content (AvgIpc) is 2.89. The van der Waals surface area contributed by atoms with Crippen molar-refractivity contribution >= 4 is 39.1 Å².